The SMILES string of the molecule is [O-][NH+]1c2ccc3c(c2Oc2cccc(Cl)c21)C(O)c1c(Cl)cccc1O3. The molecular weight excluding hydrogens is 377 g/mol. The fourth-order valence-corrected chi connectivity index (χ4v) is 3.93. The van der Waals surface area contributed by atoms with E-state index in [-0.39, 0.29) is 10.8 Å². The number of ether oxygens (including phenoxy) is 2. The summed E-state index contributed by atoms with van der Waals surface area (Å²) in [4.78, 5) is 0. The number of fused-ring (bicyclic) bond motifs is 5. The van der Waals surface area contributed by atoms with Crippen molar-refractivity contribution in [1.29, 1.82) is 0 Å². The maximum Gasteiger partial charge on any atom is 0.198 e. The third-order valence-electron chi connectivity index (χ3n) is 4.59. The van der Waals surface area contributed by atoms with Gasteiger partial charge in [-0.25, -0.2) is 0 Å². The lowest BCUT2D eigenvalue weighted by Gasteiger charge is -2.34. The Morgan fingerprint density at radius 1 is 0.846 bits per heavy atom. The fourth-order valence-electron chi connectivity index (χ4n) is 3.41. The molecule has 130 valence electrons. The minimum Gasteiger partial charge on any atom is -0.623 e. The van der Waals surface area contributed by atoms with Crippen molar-refractivity contribution in [3.63, 3.8) is 0 Å². The predicted molar refractivity (Wildman–Crippen MR) is 97.2 cm³/mol. The second kappa shape index (κ2) is 5.61. The van der Waals surface area contributed by atoms with Crippen LogP contribution in [0.25, 0.3) is 0 Å². The van der Waals surface area contributed by atoms with Gasteiger partial charge in [0.1, 0.15) is 22.6 Å². The zero-order valence-electron chi connectivity index (χ0n) is 13.1. The minimum absolute atomic E-state index is 0.258. The number of aliphatic hydroxyl groups excluding tert-OH is 1. The number of nitrogens with one attached hydrogen (secondary N) is 1. The first-order chi connectivity index (χ1) is 12.6. The quantitative estimate of drug-likeness (QED) is 0.551. The Labute approximate surface area is 158 Å². The second-order valence-electron chi connectivity index (χ2n) is 6.05. The summed E-state index contributed by atoms with van der Waals surface area (Å²) < 4.78 is 11.8. The molecule has 7 heteroatoms. The molecule has 2 unspecified atom stereocenters. The lowest BCUT2D eigenvalue weighted by Crippen LogP contribution is -2.97. The van der Waals surface area contributed by atoms with Crippen LogP contribution in [0.1, 0.15) is 17.2 Å². The van der Waals surface area contributed by atoms with Gasteiger partial charge in [-0.05, 0) is 30.3 Å². The summed E-state index contributed by atoms with van der Waals surface area (Å²) in [5.74, 6) is 1.51. The summed E-state index contributed by atoms with van der Waals surface area (Å²) in [5.41, 5.74) is 1.46. The van der Waals surface area contributed by atoms with E-state index in [0.29, 0.717) is 49.8 Å². The van der Waals surface area contributed by atoms with Gasteiger partial charge in [0.05, 0.1) is 10.6 Å². The van der Waals surface area contributed by atoms with Crippen molar-refractivity contribution >= 4 is 34.6 Å². The van der Waals surface area contributed by atoms with E-state index in [9.17, 15) is 10.3 Å². The largest absolute Gasteiger partial charge is 0.623 e. The summed E-state index contributed by atoms with van der Waals surface area (Å²) in [6, 6.07) is 13.4. The summed E-state index contributed by atoms with van der Waals surface area (Å²) >= 11 is 12.4. The molecule has 0 aromatic heterocycles. The van der Waals surface area contributed by atoms with Crippen molar-refractivity contribution < 1.29 is 19.6 Å². The lowest BCUT2D eigenvalue weighted by atomic mass is 9.95. The Morgan fingerprint density at radius 2 is 1.54 bits per heavy atom. The number of hydrogen-bond donors (Lipinski definition) is 2. The van der Waals surface area contributed by atoms with Crippen LogP contribution in [0.15, 0.2) is 48.5 Å². The van der Waals surface area contributed by atoms with Gasteiger partial charge in [0, 0.05) is 11.6 Å². The van der Waals surface area contributed by atoms with E-state index in [0.717, 1.165) is 0 Å². The Bertz CT molecular complexity index is 1070. The van der Waals surface area contributed by atoms with E-state index in [1.165, 1.54) is 0 Å². The first-order valence-corrected chi connectivity index (χ1v) is 8.64. The number of para-hydroxylation sites is 1. The van der Waals surface area contributed by atoms with Gasteiger partial charge in [-0.1, -0.05) is 35.3 Å². The van der Waals surface area contributed by atoms with Gasteiger partial charge in [-0.2, -0.15) is 0 Å². The van der Waals surface area contributed by atoms with Crippen LogP contribution in [0.4, 0.5) is 11.4 Å². The van der Waals surface area contributed by atoms with E-state index in [4.69, 9.17) is 32.7 Å². The Hall–Kier alpha value is -2.28. The van der Waals surface area contributed by atoms with Gasteiger partial charge in [0.2, 0.25) is 0 Å². The first-order valence-electron chi connectivity index (χ1n) is 7.88. The molecule has 0 aliphatic carbocycles. The van der Waals surface area contributed by atoms with Crippen molar-refractivity contribution in [2.24, 2.45) is 0 Å². The molecule has 2 aliphatic rings. The molecule has 5 rings (SSSR count). The molecule has 2 N–H and O–H groups in total. The van der Waals surface area contributed by atoms with Crippen molar-refractivity contribution in [3.05, 3.63) is 74.9 Å². The number of halogens is 2. The summed E-state index contributed by atoms with van der Waals surface area (Å²) in [5, 5.41) is 24.3. The summed E-state index contributed by atoms with van der Waals surface area (Å²) in [6.07, 6.45) is -1.08. The molecule has 0 saturated carbocycles. The van der Waals surface area contributed by atoms with Gasteiger partial charge < -0.3 is 24.9 Å². The average Bonchev–Trinajstić information content (AvgIpc) is 2.61. The van der Waals surface area contributed by atoms with Crippen molar-refractivity contribution in [1.82, 2.24) is 0 Å². The van der Waals surface area contributed by atoms with Crippen LogP contribution < -0.4 is 14.5 Å². The molecule has 3 aromatic rings. The molecule has 0 bridgehead atoms. The van der Waals surface area contributed by atoms with Crippen LogP contribution in [-0.2, 0) is 0 Å². The van der Waals surface area contributed by atoms with Crippen LogP contribution in [0, 0.1) is 5.21 Å². The first kappa shape index (κ1) is 15.9. The smallest absolute Gasteiger partial charge is 0.198 e. The lowest BCUT2D eigenvalue weighted by molar-refractivity contribution is -0.700. The van der Waals surface area contributed by atoms with Gasteiger partial charge in [-0.3, -0.25) is 0 Å². The second-order valence-corrected chi connectivity index (χ2v) is 6.87. The van der Waals surface area contributed by atoms with E-state index in [2.05, 4.69) is 0 Å². The Morgan fingerprint density at radius 3 is 2.35 bits per heavy atom. The molecule has 2 aliphatic heterocycles. The zero-order valence-corrected chi connectivity index (χ0v) is 14.6. The molecule has 2 atom stereocenters. The Kier molecular flexibility index (Phi) is 3.44. The number of rotatable bonds is 0. The van der Waals surface area contributed by atoms with E-state index in [1.54, 1.807) is 48.5 Å². The fraction of sp³-hybridized carbons (Fsp3) is 0.0526. The molecule has 26 heavy (non-hydrogen) atoms. The van der Waals surface area contributed by atoms with Crippen molar-refractivity contribution in [2.75, 3.05) is 0 Å². The molecule has 2 heterocycles. The maximum atomic E-state index is 12.9. The number of benzene rings is 3. The highest BCUT2D eigenvalue weighted by atomic mass is 35.5. The molecule has 0 saturated heterocycles. The number of aliphatic hydroxyl groups is 1. The van der Waals surface area contributed by atoms with Crippen LogP contribution in [0.5, 0.6) is 23.0 Å². The Balaban J connectivity index is 1.73. The average molecular weight is 388 g/mol. The monoisotopic (exact) mass is 387 g/mol. The van der Waals surface area contributed by atoms with E-state index < -0.39 is 6.10 Å². The molecule has 0 amide bonds. The summed E-state index contributed by atoms with van der Waals surface area (Å²) in [7, 11) is 0. The van der Waals surface area contributed by atoms with Crippen LogP contribution in [0.2, 0.25) is 10.0 Å². The third-order valence-corrected chi connectivity index (χ3v) is 5.24. The highest BCUT2D eigenvalue weighted by Crippen LogP contribution is 2.53. The van der Waals surface area contributed by atoms with Gasteiger partial charge in [0.25, 0.3) is 0 Å². The van der Waals surface area contributed by atoms with Gasteiger partial charge in [-0.15, -0.1) is 0 Å². The molecule has 3 aromatic carbocycles. The predicted octanol–water partition coefficient (Wildman–Crippen LogP) is 4.63. The van der Waals surface area contributed by atoms with Crippen LogP contribution >= 0.6 is 23.2 Å². The van der Waals surface area contributed by atoms with Crippen molar-refractivity contribution in [3.8, 4) is 23.0 Å². The number of quaternary nitrogens is 1. The van der Waals surface area contributed by atoms with Gasteiger partial charge >= 0.3 is 0 Å². The standard InChI is InChI=1S/C19H11Cl2NO4/c20-9-3-1-5-12-15(9)18(23)16-13(25-12)8-7-11-19(16)26-14-6-2-4-10(21)17(14)22(11)24/h1-8,18,22-23H. The highest BCUT2D eigenvalue weighted by molar-refractivity contribution is 6.33. The van der Waals surface area contributed by atoms with Crippen LogP contribution in [-0.4, -0.2) is 5.11 Å². The maximum absolute atomic E-state index is 12.9. The van der Waals surface area contributed by atoms with E-state index >= 15 is 0 Å². The normalized spacial score (nSPS) is 19.4. The minimum atomic E-state index is -1.08. The van der Waals surface area contributed by atoms with Gasteiger partial charge in [0.15, 0.2) is 22.9 Å². The molecule has 0 radical (unpaired) electrons. The van der Waals surface area contributed by atoms with Crippen molar-refractivity contribution in [2.45, 2.75) is 6.10 Å². The zero-order chi connectivity index (χ0) is 18.0. The molecular formula is C19H11Cl2NO4. The number of hydrogen-bond acceptors (Lipinski definition) is 4. The highest BCUT2D eigenvalue weighted by Gasteiger charge is 2.37. The molecule has 0 fully saturated rings. The van der Waals surface area contributed by atoms with E-state index in [1.807, 2.05) is 0 Å². The molecule has 0 spiro atoms. The molecule has 5 nitrogen and oxygen atoms in total. The summed E-state index contributed by atoms with van der Waals surface area (Å²) in [6.45, 7) is 0. The van der Waals surface area contributed by atoms with Crippen LogP contribution in [0.3, 0.4) is 0 Å². The third kappa shape index (κ3) is 2.09. The topological polar surface area (TPSA) is 66.2 Å².